The quantitative estimate of drug-likeness (QED) is 0.553. The van der Waals surface area contributed by atoms with Crippen LogP contribution in [0.3, 0.4) is 0 Å². The first-order valence-corrected chi connectivity index (χ1v) is 13.5. The van der Waals surface area contributed by atoms with Crippen molar-refractivity contribution in [3.05, 3.63) is 53.6 Å². The number of sulfonamides is 1. The first kappa shape index (κ1) is 26.2. The lowest BCUT2D eigenvalue weighted by Gasteiger charge is -2.24. The minimum atomic E-state index is -3.64. The maximum Gasteiger partial charge on any atom is 0.255 e. The lowest BCUT2D eigenvalue weighted by molar-refractivity contribution is 0.102. The van der Waals surface area contributed by atoms with Crippen molar-refractivity contribution in [2.75, 3.05) is 32.1 Å². The Balaban J connectivity index is 1.78. The third kappa shape index (κ3) is 6.37. The number of nitrogens with zero attached hydrogens (tertiary/aromatic N) is 2. The van der Waals surface area contributed by atoms with E-state index < -0.39 is 10.0 Å². The molecule has 0 aromatic heterocycles. The van der Waals surface area contributed by atoms with Crippen molar-refractivity contribution < 1.29 is 17.9 Å². The van der Waals surface area contributed by atoms with Crippen molar-refractivity contribution in [2.24, 2.45) is 0 Å². The molecule has 1 aliphatic rings. The molecule has 186 valence electrons. The average Bonchev–Trinajstić information content (AvgIpc) is 3.13. The molecule has 8 heteroatoms. The number of benzene rings is 2. The highest BCUT2D eigenvalue weighted by Crippen LogP contribution is 2.30. The van der Waals surface area contributed by atoms with E-state index in [0.717, 1.165) is 44.3 Å². The van der Waals surface area contributed by atoms with Crippen LogP contribution < -0.4 is 10.1 Å². The topological polar surface area (TPSA) is 79.0 Å². The SMILES string of the molecule is CCN(Cc1ccc(C(=O)Nc2cc(S(=O)(=O)N3CCCCCC3)ccc2OC)cc1)C(C)C. The van der Waals surface area contributed by atoms with E-state index in [1.165, 1.54) is 19.2 Å². The van der Waals surface area contributed by atoms with Crippen LogP contribution in [0.4, 0.5) is 5.69 Å². The number of ether oxygens (including phenoxy) is 1. The number of carbonyl (C=O) groups excluding carboxylic acids is 1. The highest BCUT2D eigenvalue weighted by atomic mass is 32.2. The fourth-order valence-electron chi connectivity index (χ4n) is 4.23. The van der Waals surface area contributed by atoms with Crippen LogP contribution in [0.5, 0.6) is 5.75 Å². The number of rotatable bonds is 9. The van der Waals surface area contributed by atoms with Gasteiger partial charge in [0.25, 0.3) is 5.91 Å². The van der Waals surface area contributed by atoms with Crippen LogP contribution >= 0.6 is 0 Å². The van der Waals surface area contributed by atoms with E-state index in [0.29, 0.717) is 36.1 Å². The third-order valence-electron chi connectivity index (χ3n) is 6.36. The Hall–Kier alpha value is -2.42. The first-order chi connectivity index (χ1) is 16.3. The van der Waals surface area contributed by atoms with Gasteiger partial charge >= 0.3 is 0 Å². The predicted octanol–water partition coefficient (Wildman–Crippen LogP) is 4.74. The van der Waals surface area contributed by atoms with Gasteiger partial charge in [0.1, 0.15) is 5.75 Å². The predicted molar refractivity (Wildman–Crippen MR) is 136 cm³/mol. The molecule has 1 heterocycles. The normalized spacial score (nSPS) is 15.4. The van der Waals surface area contributed by atoms with Gasteiger partial charge in [0, 0.05) is 31.2 Å². The molecule has 0 aliphatic carbocycles. The molecule has 1 saturated heterocycles. The molecule has 0 unspecified atom stereocenters. The summed E-state index contributed by atoms with van der Waals surface area (Å²) >= 11 is 0. The zero-order valence-corrected chi connectivity index (χ0v) is 21.5. The Morgan fingerprint density at radius 3 is 2.26 bits per heavy atom. The maximum atomic E-state index is 13.2. The van der Waals surface area contributed by atoms with Crippen LogP contribution in [0, 0.1) is 0 Å². The summed E-state index contributed by atoms with van der Waals surface area (Å²) in [6, 6.07) is 12.6. The minimum absolute atomic E-state index is 0.161. The molecule has 2 aromatic rings. The molecular weight excluding hydrogens is 450 g/mol. The Morgan fingerprint density at radius 2 is 1.71 bits per heavy atom. The van der Waals surface area contributed by atoms with Gasteiger partial charge in [0.05, 0.1) is 17.7 Å². The zero-order chi connectivity index (χ0) is 24.7. The van der Waals surface area contributed by atoms with Gasteiger partial charge in [0.2, 0.25) is 10.0 Å². The summed E-state index contributed by atoms with van der Waals surface area (Å²) in [5.41, 5.74) is 1.97. The maximum absolute atomic E-state index is 13.2. The molecule has 3 rings (SSSR count). The molecule has 2 aromatic carbocycles. The van der Waals surface area contributed by atoms with Gasteiger partial charge in [-0.25, -0.2) is 8.42 Å². The number of carbonyl (C=O) groups is 1. The number of hydrogen-bond acceptors (Lipinski definition) is 5. The van der Waals surface area contributed by atoms with Gasteiger partial charge in [-0.05, 0) is 69.1 Å². The second kappa shape index (κ2) is 11.8. The van der Waals surface area contributed by atoms with Crippen LogP contribution in [0.1, 0.15) is 62.4 Å². The van der Waals surface area contributed by atoms with Crippen LogP contribution in [0.2, 0.25) is 0 Å². The van der Waals surface area contributed by atoms with Crippen molar-refractivity contribution in [3.63, 3.8) is 0 Å². The summed E-state index contributed by atoms with van der Waals surface area (Å²) < 4.78 is 33.4. The highest BCUT2D eigenvalue weighted by Gasteiger charge is 2.26. The smallest absolute Gasteiger partial charge is 0.255 e. The Labute approximate surface area is 204 Å². The van der Waals surface area contributed by atoms with E-state index in [2.05, 4.69) is 31.0 Å². The molecular formula is C26H37N3O4S. The number of amides is 1. The molecule has 0 saturated carbocycles. The van der Waals surface area contributed by atoms with Crippen molar-refractivity contribution in [3.8, 4) is 5.75 Å². The van der Waals surface area contributed by atoms with E-state index in [-0.39, 0.29) is 10.8 Å². The largest absolute Gasteiger partial charge is 0.495 e. The first-order valence-electron chi connectivity index (χ1n) is 12.1. The molecule has 7 nitrogen and oxygen atoms in total. The molecule has 0 bridgehead atoms. The number of anilines is 1. The fourth-order valence-corrected chi connectivity index (χ4v) is 5.77. The monoisotopic (exact) mass is 487 g/mol. The van der Waals surface area contributed by atoms with Gasteiger partial charge in [-0.1, -0.05) is 31.9 Å². The van der Waals surface area contributed by atoms with Crippen LogP contribution in [-0.2, 0) is 16.6 Å². The molecule has 0 atom stereocenters. The van der Waals surface area contributed by atoms with E-state index >= 15 is 0 Å². The van der Waals surface area contributed by atoms with Crippen LogP contribution in [0.15, 0.2) is 47.4 Å². The summed E-state index contributed by atoms with van der Waals surface area (Å²) in [6.07, 6.45) is 3.82. The van der Waals surface area contributed by atoms with E-state index in [9.17, 15) is 13.2 Å². The Kier molecular flexibility index (Phi) is 9.10. The summed E-state index contributed by atoms with van der Waals surface area (Å²) in [5.74, 6) is 0.0979. The molecule has 1 amide bonds. The average molecular weight is 488 g/mol. The van der Waals surface area contributed by atoms with Gasteiger partial charge in [-0.2, -0.15) is 4.31 Å². The van der Waals surface area contributed by atoms with Crippen LogP contribution in [-0.4, -0.2) is 56.3 Å². The number of nitrogens with one attached hydrogen (secondary N) is 1. The minimum Gasteiger partial charge on any atom is -0.495 e. The standard InChI is InChI=1S/C26H37N3O4S/c1-5-28(20(2)3)19-21-10-12-22(13-11-21)26(30)27-24-18-23(14-15-25(24)33-4)34(31,32)29-16-8-6-7-9-17-29/h10-15,18,20H,5-9,16-17,19H2,1-4H3,(H,27,30). The lowest BCUT2D eigenvalue weighted by Crippen LogP contribution is -2.32. The van der Waals surface area contributed by atoms with Crippen molar-refractivity contribution in [1.29, 1.82) is 0 Å². The lowest BCUT2D eigenvalue weighted by atomic mass is 10.1. The Morgan fingerprint density at radius 1 is 1.06 bits per heavy atom. The van der Waals surface area contributed by atoms with Crippen molar-refractivity contribution in [2.45, 2.75) is 63.9 Å². The summed E-state index contributed by atoms with van der Waals surface area (Å²) in [5, 5.41) is 2.84. The van der Waals surface area contributed by atoms with Crippen molar-refractivity contribution in [1.82, 2.24) is 9.21 Å². The number of hydrogen-bond donors (Lipinski definition) is 1. The molecule has 0 spiro atoms. The molecule has 0 radical (unpaired) electrons. The molecule has 1 fully saturated rings. The third-order valence-corrected chi connectivity index (χ3v) is 8.25. The van der Waals surface area contributed by atoms with E-state index in [4.69, 9.17) is 4.74 Å². The number of methoxy groups -OCH3 is 1. The van der Waals surface area contributed by atoms with Crippen molar-refractivity contribution >= 4 is 21.6 Å². The summed E-state index contributed by atoms with van der Waals surface area (Å²) in [6.45, 7) is 9.29. The molecule has 1 N–H and O–H groups in total. The highest BCUT2D eigenvalue weighted by molar-refractivity contribution is 7.89. The van der Waals surface area contributed by atoms with Gasteiger partial charge in [-0.15, -0.1) is 0 Å². The second-order valence-electron chi connectivity index (χ2n) is 8.99. The zero-order valence-electron chi connectivity index (χ0n) is 20.7. The molecule has 34 heavy (non-hydrogen) atoms. The van der Waals surface area contributed by atoms with Gasteiger partial charge in [0.15, 0.2) is 0 Å². The van der Waals surface area contributed by atoms with E-state index in [1.54, 1.807) is 22.5 Å². The Bertz CT molecular complexity index is 1060. The summed E-state index contributed by atoms with van der Waals surface area (Å²) in [4.78, 5) is 15.5. The van der Waals surface area contributed by atoms with Crippen LogP contribution in [0.25, 0.3) is 0 Å². The fraction of sp³-hybridized carbons (Fsp3) is 0.500. The summed E-state index contributed by atoms with van der Waals surface area (Å²) in [7, 11) is -2.14. The van der Waals surface area contributed by atoms with E-state index in [1.807, 2.05) is 12.1 Å². The van der Waals surface area contributed by atoms with Gasteiger partial charge in [-0.3, -0.25) is 9.69 Å². The molecule has 1 aliphatic heterocycles. The second-order valence-corrected chi connectivity index (χ2v) is 10.9. The van der Waals surface area contributed by atoms with Gasteiger partial charge < -0.3 is 10.1 Å².